The van der Waals surface area contributed by atoms with Crippen LogP contribution >= 0.6 is 0 Å². The van der Waals surface area contributed by atoms with Gasteiger partial charge in [-0.1, -0.05) is 6.07 Å². The van der Waals surface area contributed by atoms with Gasteiger partial charge >= 0.3 is 5.97 Å². The summed E-state index contributed by atoms with van der Waals surface area (Å²) in [5.74, 6) is -0.385. The van der Waals surface area contributed by atoms with Gasteiger partial charge in [-0.25, -0.2) is 4.79 Å². The normalized spacial score (nSPS) is 10.4. The lowest BCUT2D eigenvalue weighted by molar-refractivity contribution is 0.0602. The summed E-state index contributed by atoms with van der Waals surface area (Å²) in [6.07, 6.45) is 0. The van der Waals surface area contributed by atoms with E-state index in [0.717, 1.165) is 6.54 Å². The van der Waals surface area contributed by atoms with Gasteiger partial charge in [-0.15, -0.1) is 0 Å². The van der Waals surface area contributed by atoms with Crippen molar-refractivity contribution in [3.05, 3.63) is 23.8 Å². The first-order valence-electron chi connectivity index (χ1n) is 5.41. The Morgan fingerprint density at radius 1 is 1.47 bits per heavy atom. The second kappa shape index (κ2) is 6.10. The summed E-state index contributed by atoms with van der Waals surface area (Å²) in [6.45, 7) is 1.57. The monoisotopic (exact) mass is 237 g/mol. The van der Waals surface area contributed by atoms with Crippen LogP contribution in [0.5, 0.6) is 0 Å². The molecule has 0 heterocycles. The zero-order valence-corrected chi connectivity index (χ0v) is 10.5. The van der Waals surface area contributed by atoms with E-state index in [1.54, 1.807) is 18.2 Å². The molecule has 0 bridgehead atoms. The maximum atomic E-state index is 11.6. The molecular formula is C12H19N3O2. The Morgan fingerprint density at radius 2 is 2.18 bits per heavy atom. The average Bonchev–Trinajstić information content (AvgIpc) is 2.29. The molecule has 0 fully saturated rings. The number of hydrogen-bond acceptors (Lipinski definition) is 5. The highest BCUT2D eigenvalue weighted by Gasteiger charge is 2.13. The van der Waals surface area contributed by atoms with Crippen LogP contribution < -0.4 is 11.1 Å². The van der Waals surface area contributed by atoms with Gasteiger partial charge in [0.15, 0.2) is 0 Å². The molecule has 17 heavy (non-hydrogen) atoms. The number of hydrogen-bond donors (Lipinski definition) is 2. The summed E-state index contributed by atoms with van der Waals surface area (Å²) in [7, 11) is 5.32. The Labute approximate surface area is 102 Å². The van der Waals surface area contributed by atoms with Crippen LogP contribution in [0.3, 0.4) is 0 Å². The van der Waals surface area contributed by atoms with Crippen molar-refractivity contribution in [2.75, 3.05) is 45.3 Å². The number of nitrogens with one attached hydrogen (secondary N) is 1. The van der Waals surface area contributed by atoms with E-state index in [1.165, 1.54) is 7.11 Å². The Bertz CT molecular complexity index is 391. The Morgan fingerprint density at radius 3 is 2.76 bits per heavy atom. The summed E-state index contributed by atoms with van der Waals surface area (Å²) in [4.78, 5) is 13.6. The summed E-state index contributed by atoms with van der Waals surface area (Å²) >= 11 is 0. The van der Waals surface area contributed by atoms with Crippen molar-refractivity contribution >= 4 is 17.3 Å². The lowest BCUT2D eigenvalue weighted by atomic mass is 10.1. The van der Waals surface area contributed by atoms with Crippen LogP contribution in [0.2, 0.25) is 0 Å². The Hall–Kier alpha value is -1.75. The molecule has 1 aromatic rings. The third-order valence-electron chi connectivity index (χ3n) is 2.36. The van der Waals surface area contributed by atoms with Gasteiger partial charge in [-0.2, -0.15) is 0 Å². The molecule has 3 N–H and O–H groups in total. The minimum Gasteiger partial charge on any atom is -0.465 e. The maximum Gasteiger partial charge on any atom is 0.340 e. The number of para-hydroxylation sites is 1. The number of nitrogen functional groups attached to an aromatic ring is 1. The molecule has 0 spiro atoms. The first-order chi connectivity index (χ1) is 8.06. The molecule has 1 aromatic carbocycles. The third-order valence-corrected chi connectivity index (χ3v) is 2.36. The van der Waals surface area contributed by atoms with Crippen molar-refractivity contribution < 1.29 is 9.53 Å². The lowest BCUT2D eigenvalue weighted by Gasteiger charge is -2.15. The molecular weight excluding hydrogens is 218 g/mol. The number of likely N-dealkylation sites (N-methyl/N-ethyl adjacent to an activating group) is 1. The second-order valence-electron chi connectivity index (χ2n) is 3.99. The number of rotatable bonds is 5. The predicted octanol–water partition coefficient (Wildman–Crippen LogP) is 1.03. The van der Waals surface area contributed by atoms with E-state index in [1.807, 2.05) is 19.0 Å². The molecule has 0 aliphatic heterocycles. The molecule has 0 aliphatic rings. The van der Waals surface area contributed by atoms with Gasteiger partial charge in [0.25, 0.3) is 0 Å². The van der Waals surface area contributed by atoms with Crippen LogP contribution in [0, 0.1) is 0 Å². The van der Waals surface area contributed by atoms with E-state index in [-0.39, 0.29) is 5.97 Å². The van der Waals surface area contributed by atoms with E-state index in [0.29, 0.717) is 23.5 Å². The maximum absolute atomic E-state index is 11.6. The van der Waals surface area contributed by atoms with E-state index in [9.17, 15) is 4.79 Å². The van der Waals surface area contributed by atoms with E-state index in [2.05, 4.69) is 5.32 Å². The number of carbonyl (C=O) groups excluding carboxylic acids is 1. The standard InChI is InChI=1S/C12H19N3O2/c1-15(2)8-7-14-11-9(12(16)17-3)5-4-6-10(11)13/h4-6,14H,7-8,13H2,1-3H3. The number of methoxy groups -OCH3 is 1. The molecule has 0 aromatic heterocycles. The van der Waals surface area contributed by atoms with E-state index >= 15 is 0 Å². The largest absolute Gasteiger partial charge is 0.465 e. The molecule has 94 valence electrons. The Kier molecular flexibility index (Phi) is 4.78. The predicted molar refractivity (Wildman–Crippen MR) is 69.2 cm³/mol. The van der Waals surface area contributed by atoms with Crippen molar-refractivity contribution in [1.82, 2.24) is 4.90 Å². The first-order valence-corrected chi connectivity index (χ1v) is 5.41. The quantitative estimate of drug-likeness (QED) is 0.591. The van der Waals surface area contributed by atoms with Crippen LogP contribution in [0.15, 0.2) is 18.2 Å². The molecule has 0 aliphatic carbocycles. The van der Waals surface area contributed by atoms with Gasteiger partial charge in [0.2, 0.25) is 0 Å². The van der Waals surface area contributed by atoms with Gasteiger partial charge in [-0.05, 0) is 26.2 Å². The van der Waals surface area contributed by atoms with E-state index < -0.39 is 0 Å². The number of nitrogens with zero attached hydrogens (tertiary/aromatic N) is 1. The van der Waals surface area contributed by atoms with Crippen LogP contribution in [-0.4, -0.2) is 45.2 Å². The highest BCUT2D eigenvalue weighted by Crippen LogP contribution is 2.23. The van der Waals surface area contributed by atoms with Gasteiger partial charge in [0.1, 0.15) is 0 Å². The lowest BCUT2D eigenvalue weighted by Crippen LogP contribution is -2.22. The fraction of sp³-hybridized carbons (Fsp3) is 0.417. The number of anilines is 2. The van der Waals surface area contributed by atoms with Crippen molar-refractivity contribution in [3.8, 4) is 0 Å². The van der Waals surface area contributed by atoms with Gasteiger partial charge < -0.3 is 20.7 Å². The number of nitrogens with two attached hydrogens (primary N) is 1. The minimum absolute atomic E-state index is 0.385. The second-order valence-corrected chi connectivity index (χ2v) is 3.99. The molecule has 0 radical (unpaired) electrons. The molecule has 0 amide bonds. The van der Waals surface area contributed by atoms with Crippen LogP contribution in [0.25, 0.3) is 0 Å². The van der Waals surface area contributed by atoms with Crippen molar-refractivity contribution in [2.45, 2.75) is 0 Å². The van der Waals surface area contributed by atoms with Crippen molar-refractivity contribution in [2.24, 2.45) is 0 Å². The molecule has 0 atom stereocenters. The topological polar surface area (TPSA) is 67.6 Å². The van der Waals surface area contributed by atoms with Crippen LogP contribution in [0.1, 0.15) is 10.4 Å². The first kappa shape index (κ1) is 13.3. The fourth-order valence-corrected chi connectivity index (χ4v) is 1.45. The number of esters is 1. The van der Waals surface area contributed by atoms with Crippen molar-refractivity contribution in [1.29, 1.82) is 0 Å². The molecule has 5 nitrogen and oxygen atoms in total. The molecule has 0 unspecified atom stereocenters. The van der Waals surface area contributed by atoms with Gasteiger partial charge in [0.05, 0.1) is 24.0 Å². The fourth-order valence-electron chi connectivity index (χ4n) is 1.45. The average molecular weight is 237 g/mol. The SMILES string of the molecule is COC(=O)c1cccc(N)c1NCCN(C)C. The Balaban J connectivity index is 2.84. The highest BCUT2D eigenvalue weighted by atomic mass is 16.5. The van der Waals surface area contributed by atoms with Gasteiger partial charge in [0, 0.05) is 13.1 Å². The number of ether oxygens (including phenoxy) is 1. The van der Waals surface area contributed by atoms with Gasteiger partial charge in [-0.3, -0.25) is 0 Å². The van der Waals surface area contributed by atoms with Crippen LogP contribution in [0.4, 0.5) is 11.4 Å². The molecule has 0 saturated heterocycles. The smallest absolute Gasteiger partial charge is 0.340 e. The van der Waals surface area contributed by atoms with Crippen LogP contribution in [-0.2, 0) is 4.74 Å². The molecule has 0 saturated carbocycles. The summed E-state index contributed by atoms with van der Waals surface area (Å²) in [5, 5.41) is 3.16. The summed E-state index contributed by atoms with van der Waals surface area (Å²) in [5.41, 5.74) is 7.50. The summed E-state index contributed by atoms with van der Waals surface area (Å²) < 4.78 is 4.71. The third kappa shape index (κ3) is 3.64. The minimum atomic E-state index is -0.385. The zero-order chi connectivity index (χ0) is 12.8. The zero-order valence-electron chi connectivity index (χ0n) is 10.5. The van der Waals surface area contributed by atoms with Crippen molar-refractivity contribution in [3.63, 3.8) is 0 Å². The number of carbonyl (C=O) groups is 1. The molecule has 5 heteroatoms. The summed E-state index contributed by atoms with van der Waals surface area (Å²) in [6, 6.07) is 5.18. The van der Waals surface area contributed by atoms with E-state index in [4.69, 9.17) is 10.5 Å². The molecule has 1 rings (SSSR count). The number of benzene rings is 1. The highest BCUT2D eigenvalue weighted by molar-refractivity contribution is 5.98.